The molecule has 0 bridgehead atoms. The molecule has 2 heterocycles. The topological polar surface area (TPSA) is 38.1 Å². The van der Waals surface area contributed by atoms with Crippen LogP contribution in [-0.2, 0) is 12.7 Å². The third-order valence-electron chi connectivity index (χ3n) is 5.32. The molecule has 2 aromatic carbocycles. The molecule has 3 aromatic rings. The van der Waals surface area contributed by atoms with Gasteiger partial charge in [0.05, 0.1) is 22.9 Å². The number of aromatic nitrogens is 2. The first-order valence-electron chi connectivity index (χ1n) is 9.28. The van der Waals surface area contributed by atoms with Crippen molar-refractivity contribution in [3.05, 3.63) is 66.0 Å². The van der Waals surface area contributed by atoms with E-state index in [2.05, 4.69) is 9.55 Å². The van der Waals surface area contributed by atoms with E-state index in [0.29, 0.717) is 19.0 Å². The molecule has 4 nitrogen and oxygen atoms in total. The number of alkyl halides is 3. The molecule has 0 N–H and O–H groups in total. The quantitative estimate of drug-likeness (QED) is 0.658. The first kappa shape index (κ1) is 18.5. The van der Waals surface area contributed by atoms with E-state index in [-0.39, 0.29) is 11.5 Å². The summed E-state index contributed by atoms with van der Waals surface area (Å²) < 4.78 is 40.8. The number of nitrogens with zero attached hydrogens (tertiary/aromatic N) is 3. The van der Waals surface area contributed by atoms with E-state index < -0.39 is 11.7 Å². The van der Waals surface area contributed by atoms with Crippen LogP contribution in [0.1, 0.15) is 28.8 Å². The molecule has 0 radical (unpaired) electrons. The van der Waals surface area contributed by atoms with Crippen molar-refractivity contribution in [3.8, 4) is 0 Å². The number of hydrogen-bond acceptors (Lipinski definition) is 2. The summed E-state index contributed by atoms with van der Waals surface area (Å²) in [6, 6.07) is 12.6. The minimum absolute atomic E-state index is 0.0916. The molecule has 28 heavy (non-hydrogen) atoms. The monoisotopic (exact) mass is 387 g/mol. The Morgan fingerprint density at radius 3 is 2.57 bits per heavy atom. The third-order valence-corrected chi connectivity index (χ3v) is 5.32. The number of halogens is 3. The fourth-order valence-electron chi connectivity index (χ4n) is 3.76. The lowest BCUT2D eigenvalue weighted by Gasteiger charge is -2.32. The molecule has 0 saturated carbocycles. The van der Waals surface area contributed by atoms with Crippen molar-refractivity contribution >= 4 is 16.9 Å². The highest BCUT2D eigenvalue weighted by Gasteiger charge is 2.32. The van der Waals surface area contributed by atoms with Crippen molar-refractivity contribution in [1.82, 2.24) is 14.5 Å². The number of hydrogen-bond donors (Lipinski definition) is 0. The average molecular weight is 387 g/mol. The van der Waals surface area contributed by atoms with Gasteiger partial charge >= 0.3 is 6.18 Å². The Morgan fingerprint density at radius 1 is 1.07 bits per heavy atom. The molecule has 1 aliphatic heterocycles. The van der Waals surface area contributed by atoms with Crippen LogP contribution in [0.4, 0.5) is 13.2 Å². The fourth-order valence-corrected chi connectivity index (χ4v) is 3.76. The van der Waals surface area contributed by atoms with Crippen LogP contribution in [0.15, 0.2) is 54.9 Å². The lowest BCUT2D eigenvalue weighted by atomic mass is 9.96. The van der Waals surface area contributed by atoms with Crippen molar-refractivity contribution in [2.75, 3.05) is 13.1 Å². The van der Waals surface area contributed by atoms with Crippen LogP contribution in [-0.4, -0.2) is 33.4 Å². The van der Waals surface area contributed by atoms with Gasteiger partial charge < -0.3 is 9.47 Å². The molecule has 0 atom stereocenters. The maximum atomic E-state index is 12.9. The molecule has 1 aliphatic rings. The highest BCUT2D eigenvalue weighted by molar-refractivity contribution is 5.94. The standard InChI is InChI=1S/C21H20F3N3O/c22-21(23,24)17-5-3-4-16(12-17)20(28)26-10-8-15(9-11-26)13-27-14-25-18-6-1-2-7-19(18)27/h1-7,12,14-15H,8-11,13H2. The Kier molecular flexibility index (Phi) is 4.83. The second kappa shape index (κ2) is 7.30. The zero-order chi connectivity index (χ0) is 19.7. The molecule has 1 fully saturated rings. The molecule has 1 aromatic heterocycles. The molecule has 0 spiro atoms. The SMILES string of the molecule is O=C(c1cccc(C(F)(F)F)c1)N1CCC(Cn2cnc3ccccc32)CC1. The molecular formula is C21H20F3N3O. The second-order valence-electron chi connectivity index (χ2n) is 7.20. The third kappa shape index (κ3) is 3.74. The Morgan fingerprint density at radius 2 is 1.82 bits per heavy atom. The van der Waals surface area contributed by atoms with Crippen LogP contribution in [0, 0.1) is 5.92 Å². The number of benzene rings is 2. The van der Waals surface area contributed by atoms with Gasteiger partial charge in [0.15, 0.2) is 0 Å². The van der Waals surface area contributed by atoms with Crippen molar-refractivity contribution in [2.24, 2.45) is 5.92 Å². The van der Waals surface area contributed by atoms with Crippen molar-refractivity contribution in [3.63, 3.8) is 0 Å². The van der Waals surface area contributed by atoms with Gasteiger partial charge in [-0.05, 0) is 49.1 Å². The van der Waals surface area contributed by atoms with Gasteiger partial charge in [-0.15, -0.1) is 0 Å². The van der Waals surface area contributed by atoms with E-state index in [9.17, 15) is 18.0 Å². The van der Waals surface area contributed by atoms with Crippen LogP contribution in [0.5, 0.6) is 0 Å². The Hall–Kier alpha value is -2.83. The summed E-state index contributed by atoms with van der Waals surface area (Å²) in [4.78, 5) is 18.7. The number of piperidine rings is 1. The normalized spacial score (nSPS) is 15.9. The molecule has 0 unspecified atom stereocenters. The summed E-state index contributed by atoms with van der Waals surface area (Å²) in [5, 5.41) is 0. The maximum absolute atomic E-state index is 12.9. The summed E-state index contributed by atoms with van der Waals surface area (Å²) >= 11 is 0. The van der Waals surface area contributed by atoms with Gasteiger partial charge in [0.25, 0.3) is 5.91 Å². The summed E-state index contributed by atoms with van der Waals surface area (Å²) in [6.07, 6.45) is -0.976. The number of fused-ring (bicyclic) bond motifs is 1. The van der Waals surface area contributed by atoms with Crippen LogP contribution in [0.2, 0.25) is 0 Å². The van der Waals surface area contributed by atoms with Gasteiger partial charge in [-0.3, -0.25) is 4.79 Å². The van der Waals surface area contributed by atoms with E-state index in [0.717, 1.165) is 42.6 Å². The smallest absolute Gasteiger partial charge is 0.339 e. The average Bonchev–Trinajstić information content (AvgIpc) is 3.10. The van der Waals surface area contributed by atoms with Crippen molar-refractivity contribution < 1.29 is 18.0 Å². The van der Waals surface area contributed by atoms with Gasteiger partial charge in [-0.1, -0.05) is 18.2 Å². The minimum atomic E-state index is -4.45. The molecule has 4 rings (SSSR count). The Bertz CT molecular complexity index is 988. The lowest BCUT2D eigenvalue weighted by Crippen LogP contribution is -2.39. The number of rotatable bonds is 3. The molecule has 1 amide bonds. The number of carbonyl (C=O) groups is 1. The first-order chi connectivity index (χ1) is 13.4. The molecule has 146 valence electrons. The zero-order valence-electron chi connectivity index (χ0n) is 15.2. The van der Waals surface area contributed by atoms with Crippen molar-refractivity contribution in [2.45, 2.75) is 25.6 Å². The predicted molar refractivity (Wildman–Crippen MR) is 99.8 cm³/mol. The summed E-state index contributed by atoms with van der Waals surface area (Å²) in [6.45, 7) is 1.92. The van der Waals surface area contributed by atoms with Crippen LogP contribution >= 0.6 is 0 Å². The molecule has 0 aliphatic carbocycles. The summed E-state index contributed by atoms with van der Waals surface area (Å²) in [5.41, 5.74) is 1.35. The van der Waals surface area contributed by atoms with E-state index >= 15 is 0 Å². The molecule has 1 saturated heterocycles. The predicted octanol–water partition coefficient (Wildman–Crippen LogP) is 4.61. The summed E-state index contributed by atoms with van der Waals surface area (Å²) in [5.74, 6) is 0.0702. The van der Waals surface area contributed by atoms with Gasteiger partial charge in [-0.2, -0.15) is 13.2 Å². The second-order valence-corrected chi connectivity index (χ2v) is 7.20. The maximum Gasteiger partial charge on any atom is 0.416 e. The highest BCUT2D eigenvalue weighted by Crippen LogP contribution is 2.30. The Labute approximate surface area is 160 Å². The van der Waals surface area contributed by atoms with E-state index in [1.54, 1.807) is 4.90 Å². The largest absolute Gasteiger partial charge is 0.416 e. The fraction of sp³-hybridized carbons (Fsp3) is 0.333. The van der Waals surface area contributed by atoms with Gasteiger partial charge in [0.2, 0.25) is 0 Å². The zero-order valence-corrected chi connectivity index (χ0v) is 15.2. The van der Waals surface area contributed by atoms with E-state index in [1.807, 2.05) is 30.6 Å². The van der Waals surface area contributed by atoms with Crippen LogP contribution < -0.4 is 0 Å². The first-order valence-corrected chi connectivity index (χ1v) is 9.28. The number of likely N-dealkylation sites (tertiary alicyclic amines) is 1. The Balaban J connectivity index is 1.39. The number of imidazole rings is 1. The number of carbonyl (C=O) groups excluding carboxylic acids is 1. The minimum Gasteiger partial charge on any atom is -0.339 e. The van der Waals surface area contributed by atoms with Gasteiger partial charge in [-0.25, -0.2) is 4.98 Å². The number of amides is 1. The van der Waals surface area contributed by atoms with Crippen LogP contribution in [0.25, 0.3) is 11.0 Å². The van der Waals surface area contributed by atoms with E-state index in [4.69, 9.17) is 0 Å². The molecular weight excluding hydrogens is 367 g/mol. The van der Waals surface area contributed by atoms with E-state index in [1.165, 1.54) is 12.1 Å². The van der Waals surface area contributed by atoms with Gasteiger partial charge in [0, 0.05) is 25.2 Å². The summed E-state index contributed by atoms with van der Waals surface area (Å²) in [7, 11) is 0. The van der Waals surface area contributed by atoms with Crippen molar-refractivity contribution in [1.29, 1.82) is 0 Å². The molecule has 7 heteroatoms. The highest BCUT2D eigenvalue weighted by atomic mass is 19.4. The van der Waals surface area contributed by atoms with Crippen LogP contribution in [0.3, 0.4) is 0 Å². The number of para-hydroxylation sites is 2. The lowest BCUT2D eigenvalue weighted by molar-refractivity contribution is -0.137. The van der Waals surface area contributed by atoms with Gasteiger partial charge in [0.1, 0.15) is 0 Å².